The van der Waals surface area contributed by atoms with Crippen LogP contribution in [0, 0.1) is 0 Å². The Hall–Kier alpha value is -2.46. The summed E-state index contributed by atoms with van der Waals surface area (Å²) in [6, 6.07) is 18.8. The highest BCUT2D eigenvalue weighted by Crippen LogP contribution is 2.30. The second-order valence-electron chi connectivity index (χ2n) is 5.78. The average molecular weight is 337 g/mol. The van der Waals surface area contributed by atoms with Crippen LogP contribution < -0.4 is 4.74 Å². The Morgan fingerprint density at radius 3 is 2.83 bits per heavy atom. The molecule has 0 spiro atoms. The minimum absolute atomic E-state index is 0.596. The molecule has 0 radical (unpaired) electrons. The number of thiophene rings is 1. The highest BCUT2D eigenvalue weighted by molar-refractivity contribution is 7.19. The standard InChI is InChI=1S/C20H19NO2S/c1-22-18-8-4-3-7-17(18)19-13-21(14-23-19)11-10-16-12-15-6-2-5-9-20(15)24-16/h2-9,12-13H,10-11,14H2,1H3. The van der Waals surface area contributed by atoms with E-state index in [-0.39, 0.29) is 0 Å². The second kappa shape index (κ2) is 6.57. The molecule has 0 saturated carbocycles. The third-order valence-corrected chi connectivity index (χ3v) is 5.36. The second-order valence-corrected chi connectivity index (χ2v) is 6.95. The van der Waals surface area contributed by atoms with Crippen LogP contribution in [0.25, 0.3) is 15.8 Å². The Labute approximate surface area is 145 Å². The number of hydrogen-bond donors (Lipinski definition) is 0. The Balaban J connectivity index is 1.45. The van der Waals surface area contributed by atoms with E-state index in [9.17, 15) is 0 Å². The van der Waals surface area contributed by atoms with Gasteiger partial charge in [0, 0.05) is 22.3 Å². The summed E-state index contributed by atoms with van der Waals surface area (Å²) in [5.41, 5.74) is 1.00. The monoisotopic (exact) mass is 337 g/mol. The smallest absolute Gasteiger partial charge is 0.161 e. The van der Waals surface area contributed by atoms with Gasteiger partial charge in [-0.25, -0.2) is 0 Å². The first-order chi connectivity index (χ1) is 11.8. The molecule has 0 fully saturated rings. The molecule has 4 rings (SSSR count). The molecule has 0 N–H and O–H groups in total. The Kier molecular flexibility index (Phi) is 4.13. The third-order valence-electron chi connectivity index (χ3n) is 4.18. The molecule has 1 aliphatic heterocycles. The van der Waals surface area contributed by atoms with Gasteiger partial charge in [0.05, 0.1) is 12.7 Å². The summed E-state index contributed by atoms with van der Waals surface area (Å²) in [5.74, 6) is 1.72. The van der Waals surface area contributed by atoms with E-state index in [4.69, 9.17) is 9.47 Å². The van der Waals surface area contributed by atoms with E-state index in [1.807, 2.05) is 35.6 Å². The van der Waals surface area contributed by atoms with Crippen molar-refractivity contribution in [2.75, 3.05) is 20.4 Å². The fourth-order valence-electron chi connectivity index (χ4n) is 2.93. The van der Waals surface area contributed by atoms with E-state index in [0.717, 1.165) is 30.0 Å². The minimum Gasteiger partial charge on any atom is -0.496 e. The molecular weight excluding hydrogens is 318 g/mol. The normalized spacial score (nSPS) is 13.9. The summed E-state index contributed by atoms with van der Waals surface area (Å²) in [5, 5.41) is 1.33. The highest BCUT2D eigenvalue weighted by Gasteiger charge is 2.18. The van der Waals surface area contributed by atoms with Crippen LogP contribution in [0.4, 0.5) is 0 Å². The largest absolute Gasteiger partial charge is 0.496 e. The molecule has 0 aliphatic carbocycles. The lowest BCUT2D eigenvalue weighted by Crippen LogP contribution is -2.17. The molecule has 0 saturated heterocycles. The zero-order valence-corrected chi connectivity index (χ0v) is 14.4. The van der Waals surface area contributed by atoms with Crippen molar-refractivity contribution in [2.24, 2.45) is 0 Å². The fourth-order valence-corrected chi connectivity index (χ4v) is 3.98. The lowest BCUT2D eigenvalue weighted by molar-refractivity contribution is 0.185. The van der Waals surface area contributed by atoms with Crippen molar-refractivity contribution in [3.63, 3.8) is 0 Å². The number of para-hydroxylation sites is 1. The number of methoxy groups -OCH3 is 1. The summed E-state index contributed by atoms with van der Waals surface area (Å²) < 4.78 is 12.6. The zero-order valence-electron chi connectivity index (χ0n) is 13.6. The number of hydrogen-bond acceptors (Lipinski definition) is 4. The molecule has 2 heterocycles. The molecule has 3 nitrogen and oxygen atoms in total. The van der Waals surface area contributed by atoms with Crippen molar-refractivity contribution >= 4 is 27.2 Å². The first-order valence-corrected chi connectivity index (χ1v) is 8.84. The van der Waals surface area contributed by atoms with Crippen molar-refractivity contribution in [1.29, 1.82) is 0 Å². The number of benzene rings is 2. The van der Waals surface area contributed by atoms with Gasteiger partial charge in [0.1, 0.15) is 11.5 Å². The van der Waals surface area contributed by atoms with Gasteiger partial charge in [-0.2, -0.15) is 0 Å². The van der Waals surface area contributed by atoms with E-state index < -0.39 is 0 Å². The summed E-state index contributed by atoms with van der Waals surface area (Å²) in [6.07, 6.45) is 3.11. The van der Waals surface area contributed by atoms with Crippen LogP contribution in [-0.4, -0.2) is 25.3 Å². The van der Waals surface area contributed by atoms with Crippen molar-refractivity contribution in [3.8, 4) is 5.75 Å². The van der Waals surface area contributed by atoms with Crippen LogP contribution in [-0.2, 0) is 11.2 Å². The van der Waals surface area contributed by atoms with Gasteiger partial charge < -0.3 is 14.4 Å². The summed E-state index contributed by atoms with van der Waals surface area (Å²) in [4.78, 5) is 3.63. The molecular formula is C20H19NO2S. The molecule has 3 aromatic rings. The lowest BCUT2D eigenvalue weighted by Gasteiger charge is -2.11. The third kappa shape index (κ3) is 2.97. The van der Waals surface area contributed by atoms with Crippen LogP contribution in [0.5, 0.6) is 5.75 Å². The summed E-state index contributed by atoms with van der Waals surface area (Å²) in [7, 11) is 1.69. The van der Waals surface area contributed by atoms with Crippen molar-refractivity contribution in [1.82, 2.24) is 4.90 Å². The van der Waals surface area contributed by atoms with Crippen molar-refractivity contribution < 1.29 is 9.47 Å². The fraction of sp³-hybridized carbons (Fsp3) is 0.200. The maximum Gasteiger partial charge on any atom is 0.161 e. The van der Waals surface area contributed by atoms with Gasteiger partial charge in [-0.05, 0) is 36.1 Å². The maximum absolute atomic E-state index is 5.85. The summed E-state index contributed by atoms with van der Waals surface area (Å²) in [6.45, 7) is 1.55. The maximum atomic E-state index is 5.85. The van der Waals surface area contributed by atoms with Gasteiger partial charge >= 0.3 is 0 Å². The zero-order chi connectivity index (χ0) is 16.4. The van der Waals surface area contributed by atoms with E-state index in [1.54, 1.807) is 7.11 Å². The lowest BCUT2D eigenvalue weighted by atomic mass is 10.1. The molecule has 0 bridgehead atoms. The molecule has 24 heavy (non-hydrogen) atoms. The van der Waals surface area contributed by atoms with Crippen LogP contribution >= 0.6 is 11.3 Å². The Morgan fingerprint density at radius 2 is 1.96 bits per heavy atom. The number of rotatable bonds is 5. The molecule has 4 heteroatoms. The average Bonchev–Trinajstić information content (AvgIpc) is 3.26. The van der Waals surface area contributed by atoms with Crippen molar-refractivity contribution in [2.45, 2.75) is 6.42 Å². The van der Waals surface area contributed by atoms with Crippen LogP contribution in [0.15, 0.2) is 60.8 Å². The highest BCUT2D eigenvalue weighted by atomic mass is 32.1. The van der Waals surface area contributed by atoms with E-state index in [1.165, 1.54) is 15.0 Å². The summed E-state index contributed by atoms with van der Waals surface area (Å²) >= 11 is 1.88. The Morgan fingerprint density at radius 1 is 1.12 bits per heavy atom. The molecule has 1 aliphatic rings. The van der Waals surface area contributed by atoms with Gasteiger partial charge in [-0.15, -0.1) is 11.3 Å². The minimum atomic E-state index is 0.596. The predicted octanol–water partition coefficient (Wildman–Crippen LogP) is 4.74. The topological polar surface area (TPSA) is 21.7 Å². The Bertz CT molecular complexity index is 851. The van der Waals surface area contributed by atoms with Crippen molar-refractivity contribution in [3.05, 3.63) is 71.2 Å². The van der Waals surface area contributed by atoms with Crippen LogP contribution in [0.1, 0.15) is 10.4 Å². The first kappa shape index (κ1) is 15.1. The number of ether oxygens (including phenoxy) is 2. The molecule has 2 aromatic carbocycles. The predicted molar refractivity (Wildman–Crippen MR) is 99.2 cm³/mol. The molecule has 122 valence electrons. The van der Waals surface area contributed by atoms with Gasteiger partial charge in [0.2, 0.25) is 0 Å². The van der Waals surface area contributed by atoms with E-state index in [2.05, 4.69) is 41.4 Å². The number of fused-ring (bicyclic) bond motifs is 1. The van der Waals surface area contributed by atoms with Gasteiger partial charge in [-0.3, -0.25) is 0 Å². The van der Waals surface area contributed by atoms with E-state index in [0.29, 0.717) is 6.73 Å². The quantitative estimate of drug-likeness (QED) is 0.671. The van der Waals surface area contributed by atoms with Gasteiger partial charge in [0.15, 0.2) is 6.73 Å². The van der Waals surface area contributed by atoms with E-state index >= 15 is 0 Å². The number of nitrogens with zero attached hydrogens (tertiary/aromatic N) is 1. The molecule has 1 aromatic heterocycles. The van der Waals surface area contributed by atoms with Crippen LogP contribution in [0.3, 0.4) is 0 Å². The molecule has 0 amide bonds. The first-order valence-electron chi connectivity index (χ1n) is 8.03. The van der Waals surface area contributed by atoms with Gasteiger partial charge in [0.25, 0.3) is 0 Å². The SMILES string of the molecule is COc1ccccc1C1=CN(CCc2cc3ccccc3s2)CO1. The molecule has 0 atom stereocenters. The molecule has 0 unspecified atom stereocenters. The van der Waals surface area contributed by atoms with Gasteiger partial charge in [-0.1, -0.05) is 30.3 Å². The van der Waals surface area contributed by atoms with Crippen LogP contribution in [0.2, 0.25) is 0 Å².